The Balaban J connectivity index is 1.93. The number of para-hydroxylation sites is 2. The number of carbonyl (C=O) groups is 2. The molecule has 5 nitrogen and oxygen atoms in total. The third-order valence-electron chi connectivity index (χ3n) is 3.90. The third-order valence-corrected chi connectivity index (χ3v) is 3.90. The van der Waals surface area contributed by atoms with Crippen molar-refractivity contribution < 1.29 is 23.1 Å². The molecular weight excluding hydrogens is 330 g/mol. The molecule has 1 atom stereocenters. The van der Waals surface area contributed by atoms with Crippen molar-refractivity contribution in [3.63, 3.8) is 0 Å². The van der Waals surface area contributed by atoms with E-state index >= 15 is 0 Å². The lowest BCUT2D eigenvalue weighted by molar-refractivity contribution is -0.116. The first-order valence-electron chi connectivity index (χ1n) is 7.73. The summed E-state index contributed by atoms with van der Waals surface area (Å²) in [7, 11) is 0. The monoisotopic (exact) mass is 346 g/mol. The van der Waals surface area contributed by atoms with Crippen LogP contribution < -0.4 is 15.0 Å². The number of rotatable bonds is 3. The van der Waals surface area contributed by atoms with Crippen molar-refractivity contribution in [3.05, 3.63) is 54.1 Å². The molecule has 1 aliphatic rings. The number of nitrogens with one attached hydrogen (secondary N) is 1. The van der Waals surface area contributed by atoms with Crippen LogP contribution in [0.2, 0.25) is 0 Å². The predicted molar refractivity (Wildman–Crippen MR) is 89.0 cm³/mol. The molecule has 1 heterocycles. The van der Waals surface area contributed by atoms with Gasteiger partial charge in [-0.3, -0.25) is 9.59 Å². The van der Waals surface area contributed by atoms with Crippen LogP contribution in [0.1, 0.15) is 23.7 Å². The largest absolute Gasteiger partial charge is 0.435 e. The third kappa shape index (κ3) is 3.60. The van der Waals surface area contributed by atoms with Gasteiger partial charge in [0.05, 0.1) is 11.4 Å². The Kier molecular flexibility index (Phi) is 4.65. The maximum atomic E-state index is 13.0. The number of fused-ring (bicyclic) bond motifs is 1. The van der Waals surface area contributed by atoms with Gasteiger partial charge in [-0.05, 0) is 43.3 Å². The van der Waals surface area contributed by atoms with Crippen LogP contribution in [-0.4, -0.2) is 24.5 Å². The summed E-state index contributed by atoms with van der Waals surface area (Å²) in [5.41, 5.74) is 1.47. The van der Waals surface area contributed by atoms with E-state index in [1.165, 1.54) is 29.2 Å². The number of ether oxygens (including phenoxy) is 1. The highest BCUT2D eigenvalue weighted by atomic mass is 19.3. The zero-order chi connectivity index (χ0) is 18.0. The Morgan fingerprint density at radius 2 is 1.88 bits per heavy atom. The van der Waals surface area contributed by atoms with Crippen molar-refractivity contribution in [2.75, 3.05) is 10.2 Å². The van der Waals surface area contributed by atoms with Gasteiger partial charge in [-0.25, -0.2) is 0 Å². The highest BCUT2D eigenvalue weighted by Gasteiger charge is 2.30. The molecule has 7 heteroatoms. The van der Waals surface area contributed by atoms with E-state index in [1.54, 1.807) is 31.2 Å². The van der Waals surface area contributed by atoms with E-state index in [1.807, 2.05) is 0 Å². The second-order valence-corrected chi connectivity index (χ2v) is 5.70. The lowest BCUT2D eigenvalue weighted by atomic mass is 10.1. The number of benzene rings is 2. The van der Waals surface area contributed by atoms with Crippen LogP contribution in [0, 0.1) is 0 Å². The summed E-state index contributed by atoms with van der Waals surface area (Å²) in [4.78, 5) is 26.5. The standard InChI is InChI=1S/C18H16F2N2O3/c1-11-10-16(23)21-14-4-2-3-5-15(14)22(11)17(24)12-6-8-13(9-7-12)25-18(19)20/h2-9,11,18H,10H2,1H3,(H,21,23). The number of amides is 2. The van der Waals surface area contributed by atoms with Gasteiger partial charge in [0.2, 0.25) is 5.91 Å². The highest BCUT2D eigenvalue weighted by Crippen LogP contribution is 2.32. The van der Waals surface area contributed by atoms with Crippen LogP contribution in [0.25, 0.3) is 0 Å². The molecule has 2 aromatic rings. The Labute approximate surface area is 143 Å². The second kappa shape index (κ2) is 6.88. The fraction of sp³-hybridized carbons (Fsp3) is 0.222. The van der Waals surface area contributed by atoms with Crippen LogP contribution in [0.3, 0.4) is 0 Å². The Morgan fingerprint density at radius 3 is 2.56 bits per heavy atom. The van der Waals surface area contributed by atoms with E-state index in [2.05, 4.69) is 10.1 Å². The second-order valence-electron chi connectivity index (χ2n) is 5.70. The number of hydrogen-bond donors (Lipinski definition) is 1. The van der Waals surface area contributed by atoms with E-state index in [4.69, 9.17) is 0 Å². The van der Waals surface area contributed by atoms with Gasteiger partial charge >= 0.3 is 6.61 Å². The number of nitrogens with zero attached hydrogens (tertiary/aromatic N) is 1. The van der Waals surface area contributed by atoms with Crippen molar-refractivity contribution in [3.8, 4) is 5.75 Å². The van der Waals surface area contributed by atoms with Crippen molar-refractivity contribution in [2.24, 2.45) is 0 Å². The zero-order valence-electron chi connectivity index (χ0n) is 13.4. The fourth-order valence-electron chi connectivity index (χ4n) is 2.82. The van der Waals surface area contributed by atoms with Gasteiger partial charge in [0, 0.05) is 18.0 Å². The van der Waals surface area contributed by atoms with Crippen molar-refractivity contribution in [2.45, 2.75) is 26.0 Å². The number of hydrogen-bond acceptors (Lipinski definition) is 3. The Bertz CT molecular complexity index is 793. The van der Waals surface area contributed by atoms with E-state index in [-0.39, 0.29) is 30.0 Å². The smallest absolute Gasteiger partial charge is 0.387 e. The summed E-state index contributed by atoms with van der Waals surface area (Å²) < 4.78 is 28.8. The lowest BCUT2D eigenvalue weighted by Gasteiger charge is -2.28. The van der Waals surface area contributed by atoms with Crippen molar-refractivity contribution in [1.29, 1.82) is 0 Å². The number of carbonyl (C=O) groups excluding carboxylic acids is 2. The molecule has 0 aliphatic carbocycles. The normalized spacial score (nSPS) is 16.9. The molecule has 0 aromatic heterocycles. The summed E-state index contributed by atoms with van der Waals surface area (Å²) in [5.74, 6) is -0.510. The molecule has 1 aliphatic heterocycles. The molecular formula is C18H16F2N2O3. The highest BCUT2D eigenvalue weighted by molar-refractivity contribution is 6.11. The van der Waals surface area contributed by atoms with E-state index in [0.717, 1.165) is 0 Å². The molecule has 25 heavy (non-hydrogen) atoms. The van der Waals surface area contributed by atoms with Gasteiger partial charge in [0.25, 0.3) is 5.91 Å². The van der Waals surface area contributed by atoms with Crippen LogP contribution in [-0.2, 0) is 4.79 Å². The molecule has 1 unspecified atom stereocenters. The van der Waals surface area contributed by atoms with Gasteiger partial charge < -0.3 is 15.0 Å². The molecule has 2 aromatic carbocycles. The maximum Gasteiger partial charge on any atom is 0.387 e. The van der Waals surface area contributed by atoms with Crippen LogP contribution in [0.4, 0.5) is 20.2 Å². The molecule has 2 amide bonds. The summed E-state index contributed by atoms with van der Waals surface area (Å²) >= 11 is 0. The van der Waals surface area contributed by atoms with Gasteiger partial charge in [-0.1, -0.05) is 12.1 Å². The molecule has 0 spiro atoms. The minimum absolute atomic E-state index is 0.0206. The maximum absolute atomic E-state index is 13.0. The van der Waals surface area contributed by atoms with E-state index in [9.17, 15) is 18.4 Å². The topological polar surface area (TPSA) is 58.6 Å². The zero-order valence-corrected chi connectivity index (χ0v) is 13.4. The van der Waals surface area contributed by atoms with Gasteiger partial charge in [0.1, 0.15) is 5.75 Å². The average molecular weight is 346 g/mol. The Morgan fingerprint density at radius 1 is 1.20 bits per heavy atom. The molecule has 0 fully saturated rings. The molecule has 0 saturated heterocycles. The fourth-order valence-corrected chi connectivity index (χ4v) is 2.82. The summed E-state index contributed by atoms with van der Waals surface area (Å²) in [6, 6.07) is 12.2. The minimum atomic E-state index is -2.92. The van der Waals surface area contributed by atoms with E-state index < -0.39 is 6.61 Å². The lowest BCUT2D eigenvalue weighted by Crippen LogP contribution is -2.39. The minimum Gasteiger partial charge on any atom is -0.435 e. The summed E-state index contributed by atoms with van der Waals surface area (Å²) in [5, 5.41) is 2.78. The summed E-state index contributed by atoms with van der Waals surface area (Å²) in [6.45, 7) is -1.13. The van der Waals surface area contributed by atoms with Crippen LogP contribution >= 0.6 is 0 Å². The predicted octanol–water partition coefficient (Wildman–Crippen LogP) is 3.67. The first-order valence-corrected chi connectivity index (χ1v) is 7.73. The summed E-state index contributed by atoms with van der Waals surface area (Å²) in [6.07, 6.45) is 0.160. The van der Waals surface area contributed by atoms with Crippen LogP contribution in [0.15, 0.2) is 48.5 Å². The SMILES string of the molecule is CC1CC(=O)Nc2ccccc2N1C(=O)c1ccc(OC(F)F)cc1. The molecule has 1 N–H and O–H groups in total. The van der Waals surface area contributed by atoms with Gasteiger partial charge in [-0.2, -0.15) is 8.78 Å². The molecule has 0 bridgehead atoms. The van der Waals surface area contributed by atoms with Gasteiger partial charge in [0.15, 0.2) is 0 Å². The molecule has 0 radical (unpaired) electrons. The van der Waals surface area contributed by atoms with Crippen molar-refractivity contribution >= 4 is 23.2 Å². The number of halogens is 2. The molecule has 3 rings (SSSR count). The van der Waals surface area contributed by atoms with Gasteiger partial charge in [-0.15, -0.1) is 0 Å². The number of anilines is 2. The van der Waals surface area contributed by atoms with Crippen LogP contribution in [0.5, 0.6) is 5.75 Å². The van der Waals surface area contributed by atoms with E-state index in [0.29, 0.717) is 16.9 Å². The van der Waals surface area contributed by atoms with Crippen molar-refractivity contribution in [1.82, 2.24) is 0 Å². The Hall–Kier alpha value is -2.96. The quantitative estimate of drug-likeness (QED) is 0.923. The first-order chi connectivity index (χ1) is 12.0. The molecule has 0 saturated carbocycles. The first kappa shape index (κ1) is 16.9. The molecule has 130 valence electrons. The average Bonchev–Trinajstić information content (AvgIpc) is 2.68. The number of alkyl halides is 2.